The molecule has 2 N–H and O–H groups in total. The van der Waals surface area contributed by atoms with E-state index >= 15 is 0 Å². The lowest BCUT2D eigenvalue weighted by Gasteiger charge is -2.41. The summed E-state index contributed by atoms with van der Waals surface area (Å²) in [6.07, 6.45) is 3.67. The van der Waals surface area contributed by atoms with Gasteiger partial charge in [-0.3, -0.25) is 4.79 Å². The van der Waals surface area contributed by atoms with Crippen molar-refractivity contribution in [2.45, 2.75) is 44.9 Å². The van der Waals surface area contributed by atoms with Crippen molar-refractivity contribution in [1.29, 1.82) is 0 Å². The van der Waals surface area contributed by atoms with E-state index in [4.69, 9.17) is 0 Å². The van der Waals surface area contributed by atoms with Crippen molar-refractivity contribution >= 4 is 5.78 Å². The van der Waals surface area contributed by atoms with Crippen molar-refractivity contribution in [3.63, 3.8) is 0 Å². The highest BCUT2D eigenvalue weighted by Gasteiger charge is 2.44. The van der Waals surface area contributed by atoms with Gasteiger partial charge in [0.15, 0.2) is 0 Å². The zero-order valence-electron chi connectivity index (χ0n) is 13.6. The fourth-order valence-electron chi connectivity index (χ4n) is 4.14. The quantitative estimate of drug-likeness (QED) is 0.872. The first-order valence-electron chi connectivity index (χ1n) is 8.26. The van der Waals surface area contributed by atoms with Crippen molar-refractivity contribution in [2.75, 3.05) is 0 Å². The molecule has 0 bridgehead atoms. The normalized spacial score (nSPS) is 15.1. The lowest BCUT2D eigenvalue weighted by atomic mass is 9.61. The van der Waals surface area contributed by atoms with Gasteiger partial charge in [-0.15, -0.1) is 0 Å². The molecule has 3 rings (SSSR count). The van der Waals surface area contributed by atoms with E-state index in [0.717, 1.165) is 36.8 Å². The second-order valence-corrected chi connectivity index (χ2v) is 6.31. The van der Waals surface area contributed by atoms with Crippen LogP contribution in [0.5, 0.6) is 11.5 Å². The topological polar surface area (TPSA) is 57.5 Å². The van der Waals surface area contributed by atoms with Crippen LogP contribution in [0.2, 0.25) is 0 Å². The molecule has 2 aromatic carbocycles. The van der Waals surface area contributed by atoms with E-state index in [1.165, 1.54) is 0 Å². The summed E-state index contributed by atoms with van der Waals surface area (Å²) in [5.74, 6) is -0.287. The summed E-state index contributed by atoms with van der Waals surface area (Å²) in [7, 11) is 0. The van der Waals surface area contributed by atoms with Crippen LogP contribution in [0.15, 0.2) is 36.4 Å². The molecule has 120 valence electrons. The SMILES string of the molecule is CCCC1(CCC)c2cccc(O)c2C(=O)c2c(O)cccc21. The summed E-state index contributed by atoms with van der Waals surface area (Å²) in [6.45, 7) is 4.25. The molecule has 3 nitrogen and oxygen atoms in total. The molecule has 0 aliphatic heterocycles. The first-order chi connectivity index (χ1) is 11.1. The van der Waals surface area contributed by atoms with Gasteiger partial charge in [-0.2, -0.15) is 0 Å². The number of fused-ring (bicyclic) bond motifs is 2. The van der Waals surface area contributed by atoms with Gasteiger partial charge in [0, 0.05) is 5.41 Å². The number of phenols is 2. The van der Waals surface area contributed by atoms with Crippen molar-refractivity contribution in [1.82, 2.24) is 0 Å². The monoisotopic (exact) mass is 310 g/mol. The van der Waals surface area contributed by atoms with Crippen LogP contribution < -0.4 is 0 Å². The maximum absolute atomic E-state index is 12.9. The molecule has 0 saturated carbocycles. The number of rotatable bonds is 4. The van der Waals surface area contributed by atoms with Crippen LogP contribution in [-0.2, 0) is 5.41 Å². The van der Waals surface area contributed by atoms with E-state index in [2.05, 4.69) is 13.8 Å². The first-order valence-corrected chi connectivity index (χ1v) is 8.26. The Labute approximate surface area is 136 Å². The van der Waals surface area contributed by atoms with Crippen LogP contribution in [0.1, 0.15) is 66.6 Å². The van der Waals surface area contributed by atoms with E-state index in [0.29, 0.717) is 11.1 Å². The van der Waals surface area contributed by atoms with Crippen LogP contribution in [0, 0.1) is 0 Å². The largest absolute Gasteiger partial charge is 0.507 e. The Morgan fingerprint density at radius 1 is 0.826 bits per heavy atom. The number of hydrogen-bond acceptors (Lipinski definition) is 3. The van der Waals surface area contributed by atoms with E-state index in [1.54, 1.807) is 24.3 Å². The van der Waals surface area contributed by atoms with Crippen LogP contribution in [0.4, 0.5) is 0 Å². The third kappa shape index (κ3) is 2.14. The maximum atomic E-state index is 12.9. The minimum absolute atomic E-state index is 0.00187. The lowest BCUT2D eigenvalue weighted by molar-refractivity contribution is 0.102. The standard InChI is InChI=1S/C20H22O3/c1-3-11-20(12-4-2)13-7-5-9-15(21)17(13)19(23)18-14(20)8-6-10-16(18)22/h5-10,21-22H,3-4,11-12H2,1-2H3. The average Bonchev–Trinajstić information content (AvgIpc) is 2.52. The summed E-state index contributed by atoms with van der Waals surface area (Å²) < 4.78 is 0. The Morgan fingerprint density at radius 3 is 1.65 bits per heavy atom. The fraction of sp³-hybridized carbons (Fsp3) is 0.350. The van der Waals surface area contributed by atoms with Crippen molar-refractivity contribution in [3.05, 3.63) is 58.7 Å². The third-order valence-corrected chi connectivity index (χ3v) is 4.92. The Bertz CT molecular complexity index is 698. The second kappa shape index (κ2) is 5.73. The fourth-order valence-corrected chi connectivity index (χ4v) is 4.14. The molecule has 1 aliphatic carbocycles. The van der Waals surface area contributed by atoms with Gasteiger partial charge < -0.3 is 10.2 Å². The number of carbonyl (C=O) groups is 1. The highest BCUT2D eigenvalue weighted by Crippen LogP contribution is 2.51. The third-order valence-electron chi connectivity index (χ3n) is 4.92. The summed E-state index contributed by atoms with van der Waals surface area (Å²) in [5, 5.41) is 20.6. The molecule has 0 fully saturated rings. The molecule has 0 atom stereocenters. The Morgan fingerprint density at radius 2 is 1.26 bits per heavy atom. The maximum Gasteiger partial charge on any atom is 0.201 e. The summed E-state index contributed by atoms with van der Waals surface area (Å²) in [4.78, 5) is 12.9. The lowest BCUT2D eigenvalue weighted by Crippen LogP contribution is -2.36. The molecular weight excluding hydrogens is 288 g/mol. The summed E-state index contributed by atoms with van der Waals surface area (Å²) >= 11 is 0. The Balaban J connectivity index is 2.41. The van der Waals surface area contributed by atoms with Crippen molar-refractivity contribution in [2.24, 2.45) is 0 Å². The molecule has 0 saturated heterocycles. The highest BCUT2D eigenvalue weighted by molar-refractivity contribution is 6.16. The van der Waals surface area contributed by atoms with Gasteiger partial charge in [0.2, 0.25) is 5.78 Å². The Kier molecular flexibility index (Phi) is 3.88. The number of benzene rings is 2. The Hall–Kier alpha value is -2.29. The number of ketones is 1. The summed E-state index contributed by atoms with van der Waals surface area (Å²) in [5.41, 5.74) is 2.15. The van der Waals surface area contributed by atoms with Gasteiger partial charge in [-0.1, -0.05) is 51.0 Å². The van der Waals surface area contributed by atoms with Crippen LogP contribution in [0.3, 0.4) is 0 Å². The molecule has 0 amide bonds. The smallest absolute Gasteiger partial charge is 0.201 e. The van der Waals surface area contributed by atoms with E-state index < -0.39 is 0 Å². The average molecular weight is 310 g/mol. The second-order valence-electron chi connectivity index (χ2n) is 6.31. The van der Waals surface area contributed by atoms with Crippen LogP contribution in [-0.4, -0.2) is 16.0 Å². The molecule has 0 unspecified atom stereocenters. The van der Waals surface area contributed by atoms with Crippen LogP contribution in [0.25, 0.3) is 0 Å². The zero-order valence-corrected chi connectivity index (χ0v) is 13.6. The molecular formula is C20H22O3. The molecule has 1 aliphatic rings. The predicted molar refractivity (Wildman–Crippen MR) is 90.2 cm³/mol. The van der Waals surface area contributed by atoms with Gasteiger partial charge in [0.25, 0.3) is 0 Å². The molecule has 0 spiro atoms. The molecule has 0 radical (unpaired) electrons. The van der Waals surface area contributed by atoms with Gasteiger partial charge in [0.1, 0.15) is 11.5 Å². The number of aromatic hydroxyl groups is 2. The molecule has 23 heavy (non-hydrogen) atoms. The molecule has 0 aromatic heterocycles. The van der Waals surface area contributed by atoms with E-state index in [1.807, 2.05) is 12.1 Å². The van der Waals surface area contributed by atoms with E-state index in [-0.39, 0.29) is 22.7 Å². The van der Waals surface area contributed by atoms with Crippen LogP contribution >= 0.6 is 0 Å². The van der Waals surface area contributed by atoms with Gasteiger partial charge >= 0.3 is 0 Å². The van der Waals surface area contributed by atoms with Gasteiger partial charge in [0.05, 0.1) is 11.1 Å². The predicted octanol–water partition coefficient (Wildman–Crippen LogP) is 4.53. The van der Waals surface area contributed by atoms with Crippen molar-refractivity contribution < 1.29 is 15.0 Å². The number of carbonyl (C=O) groups excluding carboxylic acids is 1. The van der Waals surface area contributed by atoms with E-state index in [9.17, 15) is 15.0 Å². The minimum Gasteiger partial charge on any atom is -0.507 e. The summed E-state index contributed by atoms with van der Waals surface area (Å²) in [6, 6.07) is 10.6. The first kappa shape index (κ1) is 15.6. The highest BCUT2D eigenvalue weighted by atomic mass is 16.3. The minimum atomic E-state index is -0.334. The molecule has 0 heterocycles. The molecule has 3 heteroatoms. The van der Waals surface area contributed by atoms with Gasteiger partial charge in [-0.05, 0) is 36.1 Å². The number of phenolic OH excluding ortho intramolecular Hbond substituents is 2. The van der Waals surface area contributed by atoms with Crippen molar-refractivity contribution in [3.8, 4) is 11.5 Å². The number of hydrogen-bond donors (Lipinski definition) is 2. The molecule has 2 aromatic rings. The van der Waals surface area contributed by atoms with Gasteiger partial charge in [-0.25, -0.2) is 0 Å². The zero-order chi connectivity index (χ0) is 16.6.